The van der Waals surface area contributed by atoms with E-state index in [4.69, 9.17) is 32.7 Å². The quantitative estimate of drug-likeness (QED) is 0.300. The Hall–Kier alpha value is -3.85. The maximum atomic E-state index is 13.1. The second-order valence-electron chi connectivity index (χ2n) is 8.29. The Morgan fingerprint density at radius 3 is 2.11 bits per heavy atom. The summed E-state index contributed by atoms with van der Waals surface area (Å²) in [5, 5.41) is 20.7. The first kappa shape index (κ1) is 24.8. The minimum Gasteiger partial charge on any atom is -0.497 e. The van der Waals surface area contributed by atoms with E-state index in [1.807, 2.05) is 24.3 Å². The molecule has 0 saturated carbocycles. The zero-order valence-corrected chi connectivity index (χ0v) is 21.2. The molecule has 5 rings (SSSR count). The van der Waals surface area contributed by atoms with E-state index in [0.717, 1.165) is 16.7 Å². The normalized spacial score (nSPS) is 12.0. The van der Waals surface area contributed by atoms with Crippen molar-refractivity contribution in [3.63, 3.8) is 0 Å². The van der Waals surface area contributed by atoms with Crippen LogP contribution in [0.2, 0.25) is 10.0 Å². The molecule has 1 N–H and O–H groups in total. The van der Waals surface area contributed by atoms with Crippen molar-refractivity contribution in [1.82, 2.24) is 19.4 Å². The molecule has 2 aromatic heterocycles. The lowest BCUT2D eigenvalue weighted by atomic mass is 9.97. The van der Waals surface area contributed by atoms with Gasteiger partial charge in [0.2, 0.25) is 0 Å². The van der Waals surface area contributed by atoms with Gasteiger partial charge in [-0.3, -0.25) is 0 Å². The van der Waals surface area contributed by atoms with Gasteiger partial charge in [0.25, 0.3) is 0 Å². The van der Waals surface area contributed by atoms with Gasteiger partial charge >= 0.3 is 5.69 Å². The molecule has 0 fully saturated rings. The topological polar surface area (TPSA) is 90.9 Å². The van der Waals surface area contributed by atoms with E-state index in [1.54, 1.807) is 61.8 Å². The van der Waals surface area contributed by atoms with E-state index in [2.05, 4.69) is 10.2 Å². The Labute approximate surface area is 222 Å². The highest BCUT2D eigenvalue weighted by Gasteiger charge is 2.20. The maximum Gasteiger partial charge on any atom is 0.367 e. The van der Waals surface area contributed by atoms with E-state index in [9.17, 15) is 9.90 Å². The number of aliphatic hydroxyl groups excluding tert-OH is 1. The fraction of sp³-hybridized carbons (Fsp3) is 0.148. The van der Waals surface area contributed by atoms with Gasteiger partial charge in [0.15, 0.2) is 5.65 Å². The first-order chi connectivity index (χ1) is 17.9. The van der Waals surface area contributed by atoms with Gasteiger partial charge in [0.1, 0.15) is 24.2 Å². The lowest BCUT2D eigenvalue weighted by Crippen LogP contribution is -2.31. The number of aromatic nitrogens is 4. The average Bonchev–Trinajstić information content (AvgIpc) is 3.23. The third kappa shape index (κ3) is 5.32. The number of benzene rings is 3. The number of halogens is 2. The van der Waals surface area contributed by atoms with Crippen molar-refractivity contribution in [1.29, 1.82) is 0 Å². The summed E-state index contributed by atoms with van der Waals surface area (Å²) in [6.07, 6.45) is 0.635. The van der Waals surface area contributed by atoms with Gasteiger partial charge in [0.05, 0.1) is 19.9 Å². The number of aliphatic hydroxyl groups is 1. The molecule has 0 aliphatic carbocycles. The molecule has 188 valence electrons. The van der Waals surface area contributed by atoms with Gasteiger partial charge in [0, 0.05) is 21.2 Å². The van der Waals surface area contributed by atoms with E-state index < -0.39 is 11.8 Å². The molecule has 0 saturated heterocycles. The first-order valence-electron chi connectivity index (χ1n) is 11.4. The second-order valence-corrected chi connectivity index (χ2v) is 9.16. The van der Waals surface area contributed by atoms with Crippen molar-refractivity contribution in [2.75, 3.05) is 13.7 Å². The largest absolute Gasteiger partial charge is 0.497 e. The predicted molar refractivity (Wildman–Crippen MR) is 143 cm³/mol. The number of methoxy groups -OCH3 is 1. The van der Waals surface area contributed by atoms with Crippen molar-refractivity contribution in [3.05, 3.63) is 99.5 Å². The lowest BCUT2D eigenvalue weighted by Gasteiger charge is -2.12. The summed E-state index contributed by atoms with van der Waals surface area (Å²) < 4.78 is 13.2. The standard InChI is InChI=1S/C27H22Cl2N4O4/c1-36-22-10-12-23(13-11-22)37-16-21(34)15-32-27(35)33-26(31-32)25(18-4-8-20(29)9-5-18)24(14-30-33)17-2-6-19(28)7-3-17/h2-14,21,34H,15-16H2,1H3. The molecule has 0 aliphatic rings. The lowest BCUT2D eigenvalue weighted by molar-refractivity contribution is 0.0883. The Balaban J connectivity index is 1.49. The SMILES string of the molecule is COc1ccc(OCC(O)Cn2nc3c(-c4ccc(Cl)cc4)c(-c4ccc(Cl)cc4)cnn3c2=O)cc1. The molecular weight excluding hydrogens is 515 g/mol. The van der Waals surface area contributed by atoms with E-state index >= 15 is 0 Å². The number of hydrogen-bond donors (Lipinski definition) is 1. The summed E-state index contributed by atoms with van der Waals surface area (Å²) in [6, 6.07) is 21.6. The van der Waals surface area contributed by atoms with Crippen LogP contribution in [-0.4, -0.2) is 44.3 Å². The molecule has 0 spiro atoms. The van der Waals surface area contributed by atoms with Crippen molar-refractivity contribution in [2.24, 2.45) is 0 Å². The van der Waals surface area contributed by atoms with Crippen LogP contribution < -0.4 is 15.2 Å². The molecule has 10 heteroatoms. The number of fused-ring (bicyclic) bond motifs is 1. The Morgan fingerprint density at radius 2 is 1.49 bits per heavy atom. The van der Waals surface area contributed by atoms with Crippen LogP contribution in [0, 0.1) is 0 Å². The molecule has 37 heavy (non-hydrogen) atoms. The molecule has 8 nitrogen and oxygen atoms in total. The Morgan fingerprint density at radius 1 is 0.892 bits per heavy atom. The Kier molecular flexibility index (Phi) is 7.14. The smallest absolute Gasteiger partial charge is 0.367 e. The Bertz CT molecular complexity index is 1580. The minimum absolute atomic E-state index is 0.0276. The van der Waals surface area contributed by atoms with Crippen molar-refractivity contribution in [2.45, 2.75) is 12.6 Å². The van der Waals surface area contributed by atoms with Crippen molar-refractivity contribution >= 4 is 28.8 Å². The van der Waals surface area contributed by atoms with Crippen LogP contribution in [0.25, 0.3) is 27.9 Å². The van der Waals surface area contributed by atoms with Gasteiger partial charge in [-0.15, -0.1) is 5.10 Å². The zero-order chi connectivity index (χ0) is 25.9. The summed E-state index contributed by atoms with van der Waals surface area (Å²) in [5.41, 5.74) is 3.02. The fourth-order valence-electron chi connectivity index (χ4n) is 3.94. The summed E-state index contributed by atoms with van der Waals surface area (Å²) in [7, 11) is 1.58. The molecule has 1 unspecified atom stereocenters. The van der Waals surface area contributed by atoms with Crippen LogP contribution in [0.5, 0.6) is 11.5 Å². The monoisotopic (exact) mass is 536 g/mol. The average molecular weight is 537 g/mol. The van der Waals surface area contributed by atoms with Crippen LogP contribution in [0.15, 0.2) is 83.8 Å². The molecule has 0 bridgehead atoms. The van der Waals surface area contributed by atoms with E-state index in [1.165, 1.54) is 9.20 Å². The number of nitrogens with zero attached hydrogens (tertiary/aromatic N) is 4. The van der Waals surface area contributed by atoms with Gasteiger partial charge in [-0.1, -0.05) is 47.5 Å². The fourth-order valence-corrected chi connectivity index (χ4v) is 4.20. The number of hydrogen-bond acceptors (Lipinski definition) is 6. The summed E-state index contributed by atoms with van der Waals surface area (Å²) in [4.78, 5) is 13.1. The van der Waals surface area contributed by atoms with Crippen molar-refractivity contribution < 1.29 is 14.6 Å². The van der Waals surface area contributed by atoms with E-state index in [0.29, 0.717) is 32.8 Å². The molecule has 0 aliphatic heterocycles. The van der Waals surface area contributed by atoms with Gasteiger partial charge in [-0.2, -0.15) is 9.61 Å². The summed E-state index contributed by atoms with van der Waals surface area (Å²) >= 11 is 12.2. The predicted octanol–water partition coefficient (Wildman–Crippen LogP) is 4.98. The van der Waals surface area contributed by atoms with Crippen LogP contribution in [0.1, 0.15) is 0 Å². The summed E-state index contributed by atoms with van der Waals surface area (Å²) in [6.45, 7) is -0.102. The van der Waals surface area contributed by atoms with E-state index in [-0.39, 0.29) is 13.2 Å². The minimum atomic E-state index is -0.987. The number of ether oxygens (including phenoxy) is 2. The molecule has 0 radical (unpaired) electrons. The van der Waals surface area contributed by atoms with Crippen LogP contribution in [0.3, 0.4) is 0 Å². The molecule has 1 atom stereocenters. The highest BCUT2D eigenvalue weighted by Crippen LogP contribution is 2.35. The molecular formula is C27H22Cl2N4O4. The van der Waals surface area contributed by atoms with Crippen LogP contribution in [-0.2, 0) is 6.54 Å². The highest BCUT2D eigenvalue weighted by molar-refractivity contribution is 6.31. The van der Waals surface area contributed by atoms with Crippen molar-refractivity contribution in [3.8, 4) is 33.8 Å². The third-order valence-corrected chi connectivity index (χ3v) is 6.29. The molecule has 2 heterocycles. The van der Waals surface area contributed by atoms with Gasteiger partial charge < -0.3 is 14.6 Å². The molecule has 5 aromatic rings. The second kappa shape index (κ2) is 10.6. The zero-order valence-electron chi connectivity index (χ0n) is 19.7. The summed E-state index contributed by atoms with van der Waals surface area (Å²) in [5.74, 6) is 1.27. The highest BCUT2D eigenvalue weighted by atomic mass is 35.5. The third-order valence-electron chi connectivity index (χ3n) is 5.79. The van der Waals surface area contributed by atoms with Crippen LogP contribution >= 0.6 is 23.2 Å². The maximum absolute atomic E-state index is 13.1. The number of rotatable bonds is 8. The first-order valence-corrected chi connectivity index (χ1v) is 12.1. The van der Waals surface area contributed by atoms with Gasteiger partial charge in [-0.05, 0) is 59.7 Å². The van der Waals surface area contributed by atoms with Crippen LogP contribution in [0.4, 0.5) is 0 Å². The molecule has 3 aromatic carbocycles. The van der Waals surface area contributed by atoms with Gasteiger partial charge in [-0.25, -0.2) is 9.48 Å². The molecule has 0 amide bonds.